The third kappa shape index (κ3) is 6.09. The summed E-state index contributed by atoms with van der Waals surface area (Å²) in [5.41, 5.74) is 5.49. The van der Waals surface area contributed by atoms with Gasteiger partial charge in [-0.1, -0.05) is 18.2 Å². The molecule has 0 saturated heterocycles. The number of carbonyl (C=O) groups excluding carboxylic acids is 2. The first kappa shape index (κ1) is 24.0. The van der Waals surface area contributed by atoms with E-state index in [9.17, 15) is 19.1 Å². The van der Waals surface area contributed by atoms with Crippen molar-refractivity contribution in [1.29, 1.82) is 0 Å². The minimum atomic E-state index is -1.45. The first-order valence-corrected chi connectivity index (χ1v) is 9.67. The number of hydrogen-bond acceptors (Lipinski definition) is 7. The normalized spacial score (nSPS) is 13.4. The number of nitrogens with one attached hydrogen (secondary N) is 2. The first-order chi connectivity index (χ1) is 14.9. The predicted octanol–water partition coefficient (Wildman–Crippen LogP) is 1.06. The van der Waals surface area contributed by atoms with Crippen LogP contribution in [0, 0.1) is 5.82 Å². The van der Waals surface area contributed by atoms with Crippen LogP contribution in [0.15, 0.2) is 47.5 Å². The molecule has 2 rings (SSSR count). The SMILES string of the molecule is CN=C(C(=O)NC(C=O)(CO)CCNC)c1cc(OCc2ccccc2F)ccc1N. The van der Waals surface area contributed by atoms with Crippen LogP contribution < -0.4 is 21.1 Å². The maximum absolute atomic E-state index is 13.8. The van der Waals surface area contributed by atoms with Crippen molar-refractivity contribution >= 4 is 23.6 Å². The molecule has 0 aliphatic carbocycles. The molecule has 8 nitrogen and oxygen atoms in total. The molecule has 5 N–H and O–H groups in total. The van der Waals surface area contributed by atoms with Gasteiger partial charge in [0.1, 0.15) is 35.7 Å². The Kier molecular flexibility index (Phi) is 8.65. The topological polar surface area (TPSA) is 126 Å². The number of aliphatic hydroxyl groups excluding tert-OH is 1. The smallest absolute Gasteiger partial charge is 0.270 e. The highest BCUT2D eigenvalue weighted by Crippen LogP contribution is 2.23. The molecular formula is C22H27FN4O4. The van der Waals surface area contributed by atoms with E-state index in [1.54, 1.807) is 37.4 Å². The molecule has 0 heterocycles. The highest BCUT2D eigenvalue weighted by atomic mass is 19.1. The lowest BCUT2D eigenvalue weighted by Crippen LogP contribution is -2.56. The molecule has 0 aromatic heterocycles. The number of amides is 1. The van der Waals surface area contributed by atoms with Crippen LogP contribution in [0.3, 0.4) is 0 Å². The van der Waals surface area contributed by atoms with E-state index in [0.29, 0.717) is 24.1 Å². The van der Waals surface area contributed by atoms with Gasteiger partial charge in [-0.15, -0.1) is 0 Å². The fourth-order valence-electron chi connectivity index (χ4n) is 2.89. The Labute approximate surface area is 180 Å². The average Bonchev–Trinajstić information content (AvgIpc) is 2.78. The lowest BCUT2D eigenvalue weighted by atomic mass is 9.96. The Hall–Kier alpha value is -3.30. The Morgan fingerprint density at radius 3 is 2.68 bits per heavy atom. The van der Waals surface area contributed by atoms with E-state index in [1.165, 1.54) is 19.2 Å². The zero-order valence-corrected chi connectivity index (χ0v) is 17.5. The third-order valence-electron chi connectivity index (χ3n) is 4.76. The first-order valence-electron chi connectivity index (χ1n) is 9.67. The predicted molar refractivity (Wildman–Crippen MR) is 117 cm³/mol. The summed E-state index contributed by atoms with van der Waals surface area (Å²) in [5, 5.41) is 15.1. The Morgan fingerprint density at radius 1 is 1.32 bits per heavy atom. The number of aliphatic imine (C=N–C) groups is 1. The van der Waals surface area contributed by atoms with Crippen LogP contribution in [-0.4, -0.2) is 55.8 Å². The maximum atomic E-state index is 13.8. The van der Waals surface area contributed by atoms with Gasteiger partial charge in [0.15, 0.2) is 0 Å². The molecule has 0 bridgehead atoms. The summed E-state index contributed by atoms with van der Waals surface area (Å²) in [7, 11) is 3.11. The second-order valence-corrected chi connectivity index (χ2v) is 6.94. The van der Waals surface area contributed by atoms with Crippen LogP contribution >= 0.6 is 0 Å². The molecule has 1 unspecified atom stereocenters. The van der Waals surface area contributed by atoms with E-state index in [0.717, 1.165) is 0 Å². The van der Waals surface area contributed by atoms with Crippen LogP contribution in [0.1, 0.15) is 17.5 Å². The molecule has 0 radical (unpaired) electrons. The summed E-state index contributed by atoms with van der Waals surface area (Å²) in [6, 6.07) is 10.9. The van der Waals surface area contributed by atoms with Gasteiger partial charge in [0.2, 0.25) is 0 Å². The molecule has 1 amide bonds. The van der Waals surface area contributed by atoms with Crippen LogP contribution in [-0.2, 0) is 16.2 Å². The molecule has 31 heavy (non-hydrogen) atoms. The minimum absolute atomic E-state index is 0.0103. The van der Waals surface area contributed by atoms with Gasteiger partial charge < -0.3 is 31.0 Å². The summed E-state index contributed by atoms with van der Waals surface area (Å²) in [6.45, 7) is -0.175. The van der Waals surface area contributed by atoms with E-state index < -0.39 is 18.1 Å². The number of halogens is 1. The van der Waals surface area contributed by atoms with Gasteiger partial charge in [-0.3, -0.25) is 9.79 Å². The van der Waals surface area contributed by atoms with Gasteiger partial charge in [0.05, 0.1) is 6.61 Å². The number of hydrogen-bond donors (Lipinski definition) is 4. The number of aldehydes is 1. The zero-order chi connectivity index (χ0) is 22.9. The number of benzene rings is 2. The van der Waals surface area contributed by atoms with Crippen molar-refractivity contribution in [2.45, 2.75) is 18.6 Å². The van der Waals surface area contributed by atoms with E-state index in [4.69, 9.17) is 10.5 Å². The largest absolute Gasteiger partial charge is 0.489 e. The van der Waals surface area contributed by atoms with Crippen molar-refractivity contribution in [3.63, 3.8) is 0 Å². The zero-order valence-electron chi connectivity index (χ0n) is 17.5. The summed E-state index contributed by atoms with van der Waals surface area (Å²) in [6.07, 6.45) is 0.695. The van der Waals surface area contributed by atoms with Crippen LogP contribution in [0.4, 0.5) is 10.1 Å². The quantitative estimate of drug-likeness (QED) is 0.240. The van der Waals surface area contributed by atoms with E-state index in [1.807, 2.05) is 0 Å². The number of nitrogen functional groups attached to an aromatic ring is 1. The Bertz CT molecular complexity index is 951. The number of rotatable bonds is 11. The number of nitrogens with zero attached hydrogens (tertiary/aromatic N) is 1. The molecule has 0 aliphatic heterocycles. The average molecular weight is 430 g/mol. The van der Waals surface area contributed by atoms with Gasteiger partial charge in [-0.05, 0) is 44.3 Å². The molecular weight excluding hydrogens is 403 g/mol. The van der Waals surface area contributed by atoms with Crippen molar-refractivity contribution in [3.8, 4) is 5.75 Å². The lowest BCUT2D eigenvalue weighted by Gasteiger charge is -2.27. The maximum Gasteiger partial charge on any atom is 0.270 e. The van der Waals surface area contributed by atoms with Crippen molar-refractivity contribution in [3.05, 3.63) is 59.4 Å². The van der Waals surface area contributed by atoms with Crippen molar-refractivity contribution < 1.29 is 23.8 Å². The third-order valence-corrected chi connectivity index (χ3v) is 4.76. The number of ether oxygens (including phenoxy) is 1. The van der Waals surface area contributed by atoms with Gasteiger partial charge in [-0.25, -0.2) is 4.39 Å². The Morgan fingerprint density at radius 2 is 2.06 bits per heavy atom. The van der Waals surface area contributed by atoms with Crippen molar-refractivity contribution in [2.24, 2.45) is 4.99 Å². The fourth-order valence-corrected chi connectivity index (χ4v) is 2.89. The van der Waals surface area contributed by atoms with Crippen LogP contribution in [0.2, 0.25) is 0 Å². The summed E-state index contributed by atoms with van der Waals surface area (Å²) in [4.78, 5) is 28.5. The standard InChI is InChI=1S/C22H27FN4O4/c1-25-10-9-22(13-28,14-29)27-21(30)20(26-2)17-11-16(7-8-19(17)24)31-12-15-5-3-4-6-18(15)23/h3-8,11,13,25,29H,9-10,12,14,24H2,1-2H3,(H,27,30). The van der Waals surface area contributed by atoms with Gasteiger partial charge in [0, 0.05) is 23.9 Å². The Balaban J connectivity index is 2.24. The monoisotopic (exact) mass is 430 g/mol. The number of anilines is 1. The molecule has 166 valence electrons. The summed E-state index contributed by atoms with van der Waals surface area (Å²) < 4.78 is 19.5. The highest BCUT2D eigenvalue weighted by Gasteiger charge is 2.32. The number of nitrogens with two attached hydrogens (primary N) is 1. The number of carbonyl (C=O) groups is 2. The van der Waals surface area contributed by atoms with Crippen molar-refractivity contribution in [2.75, 3.05) is 33.0 Å². The van der Waals surface area contributed by atoms with E-state index in [2.05, 4.69) is 15.6 Å². The lowest BCUT2D eigenvalue weighted by molar-refractivity contribution is -0.123. The summed E-state index contributed by atoms with van der Waals surface area (Å²) >= 11 is 0. The van der Waals surface area contributed by atoms with E-state index >= 15 is 0 Å². The number of aliphatic hydroxyl groups is 1. The molecule has 1 atom stereocenters. The van der Waals surface area contributed by atoms with Crippen molar-refractivity contribution in [1.82, 2.24) is 10.6 Å². The molecule has 2 aromatic carbocycles. The molecule has 0 spiro atoms. The molecule has 0 fully saturated rings. The molecule has 0 aliphatic rings. The fraction of sp³-hybridized carbons (Fsp3) is 0.318. The van der Waals surface area contributed by atoms with Gasteiger partial charge >= 0.3 is 0 Å². The van der Waals surface area contributed by atoms with Gasteiger partial charge in [0.25, 0.3) is 5.91 Å². The second kappa shape index (κ2) is 11.2. The van der Waals surface area contributed by atoms with E-state index in [-0.39, 0.29) is 35.8 Å². The van der Waals surface area contributed by atoms with Crippen LogP contribution in [0.5, 0.6) is 5.75 Å². The molecule has 9 heteroatoms. The molecule has 0 saturated carbocycles. The summed E-state index contributed by atoms with van der Waals surface area (Å²) in [5.74, 6) is -0.692. The molecule has 2 aromatic rings. The van der Waals surface area contributed by atoms with Crippen LogP contribution in [0.25, 0.3) is 0 Å². The minimum Gasteiger partial charge on any atom is -0.489 e. The highest BCUT2D eigenvalue weighted by molar-refractivity contribution is 6.46. The van der Waals surface area contributed by atoms with Gasteiger partial charge in [-0.2, -0.15) is 0 Å². The second-order valence-electron chi connectivity index (χ2n) is 6.94.